The molecule has 0 bridgehead atoms. The van der Waals surface area contributed by atoms with Gasteiger partial charge in [0.05, 0.1) is 13.1 Å². The van der Waals surface area contributed by atoms with Crippen LogP contribution in [0.3, 0.4) is 0 Å². The third-order valence-electron chi connectivity index (χ3n) is 4.72. The molecular weight excluding hydrogens is 367 g/mol. The van der Waals surface area contributed by atoms with Gasteiger partial charge in [-0.05, 0) is 18.1 Å². The molecule has 6 nitrogen and oxygen atoms in total. The van der Waals surface area contributed by atoms with Gasteiger partial charge in [0, 0.05) is 17.0 Å². The van der Waals surface area contributed by atoms with Gasteiger partial charge in [0.1, 0.15) is 12.0 Å². The molecule has 3 heterocycles. The van der Waals surface area contributed by atoms with Gasteiger partial charge in [-0.25, -0.2) is 19.0 Å². The molecule has 142 valence electrons. The third-order valence-corrected chi connectivity index (χ3v) is 5.09. The number of fused-ring (bicyclic) bond motifs is 1. The molecule has 0 spiro atoms. The van der Waals surface area contributed by atoms with E-state index in [-0.39, 0.29) is 5.41 Å². The van der Waals surface area contributed by atoms with E-state index < -0.39 is 6.17 Å². The summed E-state index contributed by atoms with van der Waals surface area (Å²) in [5, 5.41) is 9.28. The van der Waals surface area contributed by atoms with E-state index in [0.717, 1.165) is 5.56 Å². The SMILES string of the molecule is CC(C)(C)c1nc(N2CC[C@H](F)C2)c2nnn(Cc3ccccc3Cl)c2n1. The molecule has 8 heteroatoms. The molecule has 2 aromatic heterocycles. The van der Waals surface area contributed by atoms with Crippen LogP contribution in [0.5, 0.6) is 0 Å². The molecule has 0 amide bonds. The van der Waals surface area contributed by atoms with Gasteiger partial charge in [0.15, 0.2) is 17.0 Å². The number of benzene rings is 1. The van der Waals surface area contributed by atoms with Crippen molar-refractivity contribution in [2.75, 3.05) is 18.0 Å². The van der Waals surface area contributed by atoms with E-state index in [4.69, 9.17) is 21.6 Å². The predicted octanol–water partition coefficient (Wildman–Crippen LogP) is 3.77. The highest BCUT2D eigenvalue weighted by molar-refractivity contribution is 6.31. The first-order valence-corrected chi connectivity index (χ1v) is 9.45. The Morgan fingerprint density at radius 1 is 1.22 bits per heavy atom. The summed E-state index contributed by atoms with van der Waals surface area (Å²) in [5.74, 6) is 1.35. The van der Waals surface area contributed by atoms with Crippen LogP contribution in [0.15, 0.2) is 24.3 Å². The van der Waals surface area contributed by atoms with Gasteiger partial charge in [-0.1, -0.05) is 55.8 Å². The molecule has 1 fully saturated rings. The van der Waals surface area contributed by atoms with Gasteiger partial charge >= 0.3 is 0 Å². The summed E-state index contributed by atoms with van der Waals surface area (Å²) in [6.45, 7) is 7.58. The lowest BCUT2D eigenvalue weighted by atomic mass is 9.96. The van der Waals surface area contributed by atoms with E-state index in [9.17, 15) is 4.39 Å². The van der Waals surface area contributed by atoms with Crippen LogP contribution in [-0.2, 0) is 12.0 Å². The maximum absolute atomic E-state index is 13.8. The number of aromatic nitrogens is 5. The second-order valence-electron chi connectivity index (χ2n) is 7.96. The Morgan fingerprint density at radius 2 is 2.00 bits per heavy atom. The molecule has 0 aliphatic carbocycles. The van der Waals surface area contributed by atoms with Crippen LogP contribution in [-0.4, -0.2) is 44.2 Å². The van der Waals surface area contributed by atoms with E-state index in [1.807, 2.05) is 29.2 Å². The molecule has 1 aliphatic heterocycles. The first-order valence-electron chi connectivity index (χ1n) is 9.07. The number of halogens is 2. The zero-order chi connectivity index (χ0) is 19.2. The van der Waals surface area contributed by atoms with Crippen molar-refractivity contribution in [3.05, 3.63) is 40.7 Å². The molecule has 1 aliphatic rings. The summed E-state index contributed by atoms with van der Waals surface area (Å²) in [7, 11) is 0. The van der Waals surface area contributed by atoms with Crippen molar-refractivity contribution in [3.8, 4) is 0 Å². The standard InChI is InChI=1S/C19H22ClFN6/c1-19(2,3)18-22-16(26-9-8-13(21)11-26)15-17(23-18)27(25-24-15)10-12-6-4-5-7-14(12)20/h4-7,13H,8-11H2,1-3H3/t13-/m0/s1. The maximum atomic E-state index is 13.8. The average molecular weight is 389 g/mol. The zero-order valence-corrected chi connectivity index (χ0v) is 16.4. The van der Waals surface area contributed by atoms with Crippen LogP contribution in [0.25, 0.3) is 11.2 Å². The summed E-state index contributed by atoms with van der Waals surface area (Å²) >= 11 is 6.30. The lowest BCUT2D eigenvalue weighted by Gasteiger charge is -2.21. The van der Waals surface area contributed by atoms with Crippen molar-refractivity contribution in [2.24, 2.45) is 0 Å². The number of rotatable bonds is 3. The van der Waals surface area contributed by atoms with Crippen LogP contribution < -0.4 is 4.90 Å². The van der Waals surface area contributed by atoms with E-state index in [1.165, 1.54) is 0 Å². The van der Waals surface area contributed by atoms with Gasteiger partial charge in [0.2, 0.25) is 0 Å². The predicted molar refractivity (Wildman–Crippen MR) is 104 cm³/mol. The fourth-order valence-electron chi connectivity index (χ4n) is 3.20. The number of anilines is 1. The summed E-state index contributed by atoms with van der Waals surface area (Å²) in [6, 6.07) is 7.64. The number of nitrogens with zero attached hydrogens (tertiary/aromatic N) is 6. The monoisotopic (exact) mass is 388 g/mol. The Bertz CT molecular complexity index is 980. The Labute approximate surface area is 162 Å². The molecule has 1 atom stereocenters. The summed E-state index contributed by atoms with van der Waals surface area (Å²) < 4.78 is 15.5. The van der Waals surface area contributed by atoms with Crippen LogP contribution in [0, 0.1) is 0 Å². The molecule has 1 aromatic carbocycles. The molecule has 3 aromatic rings. The molecule has 0 radical (unpaired) electrons. The smallest absolute Gasteiger partial charge is 0.184 e. The number of alkyl halides is 1. The van der Waals surface area contributed by atoms with E-state index in [2.05, 4.69) is 31.1 Å². The van der Waals surface area contributed by atoms with Crippen molar-refractivity contribution in [1.29, 1.82) is 0 Å². The summed E-state index contributed by atoms with van der Waals surface area (Å²) in [4.78, 5) is 11.4. The van der Waals surface area contributed by atoms with Crippen LogP contribution in [0.2, 0.25) is 5.02 Å². The van der Waals surface area contributed by atoms with Gasteiger partial charge < -0.3 is 4.90 Å². The molecule has 0 unspecified atom stereocenters. The van der Waals surface area contributed by atoms with Crippen LogP contribution in [0.4, 0.5) is 10.2 Å². The van der Waals surface area contributed by atoms with Crippen molar-refractivity contribution < 1.29 is 4.39 Å². The van der Waals surface area contributed by atoms with E-state index in [1.54, 1.807) is 4.68 Å². The minimum atomic E-state index is -0.841. The highest BCUT2D eigenvalue weighted by Gasteiger charge is 2.29. The van der Waals surface area contributed by atoms with Gasteiger partial charge in [-0.15, -0.1) is 5.10 Å². The molecule has 1 saturated heterocycles. The Morgan fingerprint density at radius 3 is 2.67 bits per heavy atom. The Hall–Kier alpha value is -2.28. The fourth-order valence-corrected chi connectivity index (χ4v) is 3.40. The number of hydrogen-bond donors (Lipinski definition) is 0. The van der Waals surface area contributed by atoms with E-state index in [0.29, 0.717) is 53.9 Å². The summed E-state index contributed by atoms with van der Waals surface area (Å²) in [5.41, 5.74) is 1.93. The van der Waals surface area contributed by atoms with Gasteiger partial charge in [0.25, 0.3) is 0 Å². The molecule has 27 heavy (non-hydrogen) atoms. The third kappa shape index (κ3) is 3.48. The Balaban J connectivity index is 1.84. The van der Waals surface area contributed by atoms with Crippen molar-refractivity contribution in [1.82, 2.24) is 25.0 Å². The zero-order valence-electron chi connectivity index (χ0n) is 15.7. The lowest BCUT2D eigenvalue weighted by Crippen LogP contribution is -2.25. The minimum Gasteiger partial charge on any atom is -0.352 e. The first-order chi connectivity index (χ1) is 12.8. The highest BCUT2D eigenvalue weighted by Crippen LogP contribution is 2.30. The minimum absolute atomic E-state index is 0.253. The van der Waals surface area contributed by atoms with E-state index >= 15 is 0 Å². The lowest BCUT2D eigenvalue weighted by molar-refractivity contribution is 0.364. The first kappa shape index (κ1) is 18.1. The highest BCUT2D eigenvalue weighted by atomic mass is 35.5. The Kier molecular flexibility index (Phi) is 4.50. The normalized spacial score (nSPS) is 17.8. The van der Waals surface area contributed by atoms with Gasteiger partial charge in [-0.2, -0.15) is 0 Å². The average Bonchev–Trinajstić information content (AvgIpc) is 3.22. The largest absolute Gasteiger partial charge is 0.352 e. The van der Waals surface area contributed by atoms with Crippen LogP contribution >= 0.6 is 11.6 Å². The van der Waals surface area contributed by atoms with Crippen molar-refractivity contribution in [2.45, 2.75) is 45.3 Å². The number of hydrogen-bond acceptors (Lipinski definition) is 5. The topological polar surface area (TPSA) is 59.7 Å². The fraction of sp³-hybridized carbons (Fsp3) is 0.474. The second kappa shape index (κ2) is 6.71. The summed E-state index contributed by atoms with van der Waals surface area (Å²) in [6.07, 6.45) is -0.337. The van der Waals surface area contributed by atoms with Crippen LogP contribution in [0.1, 0.15) is 38.6 Å². The molecular formula is C19H22ClFN6. The quantitative estimate of drug-likeness (QED) is 0.683. The second-order valence-corrected chi connectivity index (χ2v) is 8.37. The molecule has 4 rings (SSSR count). The van der Waals surface area contributed by atoms with Gasteiger partial charge in [-0.3, -0.25) is 0 Å². The molecule has 0 N–H and O–H groups in total. The molecule has 0 saturated carbocycles. The maximum Gasteiger partial charge on any atom is 0.184 e. The van der Waals surface area contributed by atoms with Crippen molar-refractivity contribution in [3.63, 3.8) is 0 Å². The van der Waals surface area contributed by atoms with Crippen molar-refractivity contribution >= 4 is 28.6 Å².